The van der Waals surface area contributed by atoms with Crippen LogP contribution >= 0.6 is 0 Å². The molecule has 1 saturated heterocycles. The van der Waals surface area contributed by atoms with Gasteiger partial charge in [-0.25, -0.2) is 0 Å². The first-order chi connectivity index (χ1) is 6.75. The van der Waals surface area contributed by atoms with Gasteiger partial charge in [0, 0.05) is 19.1 Å². The number of carbonyl (C=O) groups excluding carboxylic acids is 1. The third-order valence-corrected chi connectivity index (χ3v) is 2.47. The van der Waals surface area contributed by atoms with E-state index in [-0.39, 0.29) is 11.8 Å². The lowest BCUT2D eigenvalue weighted by Crippen LogP contribution is -2.30. The van der Waals surface area contributed by atoms with E-state index in [0.717, 1.165) is 19.5 Å². The van der Waals surface area contributed by atoms with E-state index in [4.69, 9.17) is 10.2 Å². The number of hydrogen-bond donors (Lipinski definition) is 1. The molecule has 2 rings (SSSR count). The van der Waals surface area contributed by atoms with Crippen molar-refractivity contribution in [1.29, 1.82) is 0 Å². The highest BCUT2D eigenvalue weighted by Gasteiger charge is 2.22. The zero-order chi connectivity index (χ0) is 9.97. The molecule has 14 heavy (non-hydrogen) atoms. The van der Waals surface area contributed by atoms with E-state index in [9.17, 15) is 4.79 Å². The molecule has 1 aliphatic heterocycles. The molecule has 1 atom stereocenters. The molecule has 2 N–H and O–H groups in total. The van der Waals surface area contributed by atoms with Crippen molar-refractivity contribution < 1.29 is 9.21 Å². The largest absolute Gasteiger partial charge is 0.461 e. The van der Waals surface area contributed by atoms with E-state index >= 15 is 0 Å². The number of likely N-dealkylation sites (tertiary alicyclic amines) is 1. The molecule has 0 amide bonds. The van der Waals surface area contributed by atoms with Crippen molar-refractivity contribution in [2.45, 2.75) is 12.5 Å². The van der Waals surface area contributed by atoms with Crippen LogP contribution < -0.4 is 5.73 Å². The van der Waals surface area contributed by atoms with Gasteiger partial charge in [0.25, 0.3) is 0 Å². The van der Waals surface area contributed by atoms with Crippen LogP contribution in [0.2, 0.25) is 0 Å². The Morgan fingerprint density at radius 1 is 1.71 bits per heavy atom. The highest BCUT2D eigenvalue weighted by molar-refractivity contribution is 5.95. The van der Waals surface area contributed by atoms with Gasteiger partial charge in [-0.3, -0.25) is 9.69 Å². The molecule has 1 unspecified atom stereocenters. The summed E-state index contributed by atoms with van der Waals surface area (Å²) in [6.45, 7) is 2.14. The van der Waals surface area contributed by atoms with Crippen molar-refractivity contribution in [3.63, 3.8) is 0 Å². The molecule has 1 aromatic rings. The average molecular weight is 194 g/mol. The quantitative estimate of drug-likeness (QED) is 0.712. The molecule has 1 aromatic heterocycles. The summed E-state index contributed by atoms with van der Waals surface area (Å²) in [5.74, 6) is 0.467. The molecule has 1 fully saturated rings. The van der Waals surface area contributed by atoms with E-state index in [1.807, 2.05) is 0 Å². The van der Waals surface area contributed by atoms with Gasteiger partial charge in [-0.15, -0.1) is 0 Å². The second-order valence-corrected chi connectivity index (χ2v) is 3.68. The number of nitrogens with two attached hydrogens (primary N) is 1. The van der Waals surface area contributed by atoms with Crippen LogP contribution in [0, 0.1) is 0 Å². The van der Waals surface area contributed by atoms with Gasteiger partial charge in [0.15, 0.2) is 5.76 Å². The Morgan fingerprint density at radius 3 is 3.14 bits per heavy atom. The number of Topliss-reactive ketones (excluding diaryl/α,β-unsaturated/α-hetero) is 1. The Balaban J connectivity index is 1.89. The Kier molecular flexibility index (Phi) is 2.65. The van der Waals surface area contributed by atoms with E-state index in [0.29, 0.717) is 12.3 Å². The monoisotopic (exact) mass is 194 g/mol. The number of carbonyl (C=O) groups is 1. The molecule has 76 valence electrons. The first-order valence-corrected chi connectivity index (χ1v) is 4.80. The van der Waals surface area contributed by atoms with Crippen LogP contribution in [0.1, 0.15) is 17.0 Å². The Labute approximate surface area is 82.7 Å². The summed E-state index contributed by atoms with van der Waals surface area (Å²) in [5, 5.41) is 0. The topological polar surface area (TPSA) is 59.5 Å². The maximum atomic E-state index is 11.6. The van der Waals surface area contributed by atoms with Gasteiger partial charge in [0.05, 0.1) is 12.8 Å². The molecule has 0 radical (unpaired) electrons. The van der Waals surface area contributed by atoms with Crippen molar-refractivity contribution in [3.8, 4) is 0 Å². The standard InChI is InChI=1S/C10H14N2O2/c11-8-3-4-12(6-8)7-9(13)10-2-1-5-14-10/h1-2,5,8H,3-4,6-7,11H2. The molecule has 1 aliphatic rings. The van der Waals surface area contributed by atoms with E-state index in [2.05, 4.69) is 4.90 Å². The summed E-state index contributed by atoms with van der Waals surface area (Å²) in [5.41, 5.74) is 5.74. The summed E-state index contributed by atoms with van der Waals surface area (Å²) < 4.78 is 5.02. The van der Waals surface area contributed by atoms with Gasteiger partial charge in [0.2, 0.25) is 5.78 Å². The number of furan rings is 1. The summed E-state index contributed by atoms with van der Waals surface area (Å²) >= 11 is 0. The number of rotatable bonds is 3. The van der Waals surface area contributed by atoms with Crippen LogP contribution in [-0.4, -0.2) is 36.4 Å². The summed E-state index contributed by atoms with van der Waals surface area (Å²) in [7, 11) is 0. The van der Waals surface area contributed by atoms with E-state index < -0.39 is 0 Å². The lowest BCUT2D eigenvalue weighted by Gasteiger charge is -2.12. The fourth-order valence-electron chi connectivity index (χ4n) is 1.72. The highest BCUT2D eigenvalue weighted by Crippen LogP contribution is 2.09. The van der Waals surface area contributed by atoms with Crippen molar-refractivity contribution in [3.05, 3.63) is 24.2 Å². The van der Waals surface area contributed by atoms with E-state index in [1.54, 1.807) is 12.1 Å². The lowest BCUT2D eigenvalue weighted by molar-refractivity contribution is 0.0917. The molecular weight excluding hydrogens is 180 g/mol. The SMILES string of the molecule is NC1CCN(CC(=O)c2ccco2)C1. The first kappa shape index (κ1) is 9.43. The summed E-state index contributed by atoms with van der Waals surface area (Å²) in [6.07, 6.45) is 2.49. The van der Waals surface area contributed by atoms with Crippen molar-refractivity contribution in [2.24, 2.45) is 5.73 Å². The van der Waals surface area contributed by atoms with Crippen LogP contribution in [0.5, 0.6) is 0 Å². The fourth-order valence-corrected chi connectivity index (χ4v) is 1.72. The average Bonchev–Trinajstić information content (AvgIpc) is 2.75. The Bertz CT molecular complexity index is 308. The minimum Gasteiger partial charge on any atom is -0.461 e. The zero-order valence-electron chi connectivity index (χ0n) is 7.98. The first-order valence-electron chi connectivity index (χ1n) is 4.80. The van der Waals surface area contributed by atoms with Crippen LogP contribution in [0.25, 0.3) is 0 Å². The maximum absolute atomic E-state index is 11.6. The van der Waals surface area contributed by atoms with Gasteiger partial charge in [-0.05, 0) is 18.6 Å². The van der Waals surface area contributed by atoms with Crippen LogP contribution in [-0.2, 0) is 0 Å². The molecule has 0 aliphatic carbocycles. The maximum Gasteiger partial charge on any atom is 0.211 e. The van der Waals surface area contributed by atoms with Gasteiger partial charge in [-0.1, -0.05) is 0 Å². The van der Waals surface area contributed by atoms with Crippen LogP contribution in [0.15, 0.2) is 22.8 Å². The Morgan fingerprint density at radius 2 is 2.57 bits per heavy atom. The van der Waals surface area contributed by atoms with Crippen molar-refractivity contribution >= 4 is 5.78 Å². The van der Waals surface area contributed by atoms with E-state index in [1.165, 1.54) is 6.26 Å². The van der Waals surface area contributed by atoms with Gasteiger partial charge >= 0.3 is 0 Å². The Hall–Kier alpha value is -1.13. The molecule has 0 spiro atoms. The summed E-state index contributed by atoms with van der Waals surface area (Å²) in [6, 6.07) is 3.64. The minimum absolute atomic E-state index is 0.0316. The highest BCUT2D eigenvalue weighted by atomic mass is 16.3. The fraction of sp³-hybridized carbons (Fsp3) is 0.500. The number of ketones is 1. The second-order valence-electron chi connectivity index (χ2n) is 3.68. The van der Waals surface area contributed by atoms with Gasteiger partial charge in [-0.2, -0.15) is 0 Å². The predicted octanol–water partition coefficient (Wildman–Crippen LogP) is 0.495. The van der Waals surface area contributed by atoms with Crippen LogP contribution in [0.4, 0.5) is 0 Å². The summed E-state index contributed by atoms with van der Waals surface area (Å²) in [4.78, 5) is 13.7. The lowest BCUT2D eigenvalue weighted by atomic mass is 10.3. The molecule has 0 bridgehead atoms. The molecule has 0 saturated carbocycles. The molecule has 4 heteroatoms. The minimum atomic E-state index is 0.0316. The molecule has 4 nitrogen and oxygen atoms in total. The smallest absolute Gasteiger partial charge is 0.211 e. The van der Waals surface area contributed by atoms with Crippen LogP contribution in [0.3, 0.4) is 0 Å². The predicted molar refractivity (Wildman–Crippen MR) is 52.1 cm³/mol. The number of hydrogen-bond acceptors (Lipinski definition) is 4. The second kappa shape index (κ2) is 3.94. The third kappa shape index (κ3) is 2.02. The third-order valence-electron chi connectivity index (χ3n) is 2.47. The van der Waals surface area contributed by atoms with Gasteiger partial charge in [0.1, 0.15) is 0 Å². The molecular formula is C10H14N2O2. The van der Waals surface area contributed by atoms with Crippen molar-refractivity contribution in [1.82, 2.24) is 4.90 Å². The molecule has 2 heterocycles. The normalized spacial score (nSPS) is 22.8. The molecule has 0 aromatic carbocycles. The number of nitrogens with zero attached hydrogens (tertiary/aromatic N) is 1. The zero-order valence-corrected chi connectivity index (χ0v) is 7.98. The van der Waals surface area contributed by atoms with Crippen molar-refractivity contribution in [2.75, 3.05) is 19.6 Å². The van der Waals surface area contributed by atoms with Gasteiger partial charge < -0.3 is 10.2 Å².